The summed E-state index contributed by atoms with van der Waals surface area (Å²) in [4.78, 5) is 28.4. The lowest BCUT2D eigenvalue weighted by Gasteiger charge is -2.31. The molecule has 2 aromatic heterocycles. The molecule has 0 aromatic carbocycles. The standard InChI is InChI=1S/C19H29ClN9O7P/c1-19(37(32,33)34,6-12-25-27-28-26-12)35-8-11-13(30)14(31)17(36-11)29-16-10(7-21-29)15(23-18(20)24-16)22-9-4-2-3-5-9/h7,9,11,13-14,17,27-28,30-31H,2-6,8H2,1H3,(H,25,26)(H,22,23,24)(H2,32,33,34)/t11-,13-,14-,17-,19?/m1/s1. The summed E-state index contributed by atoms with van der Waals surface area (Å²) >= 11 is 6.18. The zero-order valence-corrected chi connectivity index (χ0v) is 21.4. The normalized spacial score (nSPS) is 28.2. The van der Waals surface area contributed by atoms with Crippen molar-refractivity contribution < 1.29 is 34.0 Å². The smallest absolute Gasteiger partial charge is 0.357 e. The molecular weight excluding hydrogens is 533 g/mol. The van der Waals surface area contributed by atoms with Crippen molar-refractivity contribution in [2.45, 2.75) is 75.0 Å². The van der Waals surface area contributed by atoms with Crippen molar-refractivity contribution in [1.82, 2.24) is 36.2 Å². The summed E-state index contributed by atoms with van der Waals surface area (Å²) < 4.78 is 25.0. The van der Waals surface area contributed by atoms with Gasteiger partial charge in [-0.25, -0.2) is 10.2 Å². The number of hydrazone groups is 1. The van der Waals surface area contributed by atoms with E-state index in [9.17, 15) is 24.6 Å². The van der Waals surface area contributed by atoms with E-state index < -0.39 is 44.1 Å². The molecular formula is C19H29ClN9O7P. The summed E-state index contributed by atoms with van der Waals surface area (Å²) in [7, 11) is -4.81. The highest BCUT2D eigenvalue weighted by Gasteiger charge is 2.49. The number of nitrogens with one attached hydrogen (secondary N) is 4. The fourth-order valence-corrected chi connectivity index (χ4v) is 5.41. The average Bonchev–Trinajstić information content (AvgIpc) is 3.63. The van der Waals surface area contributed by atoms with Gasteiger partial charge in [0.2, 0.25) is 5.28 Å². The number of rotatable bonds is 9. The van der Waals surface area contributed by atoms with Crippen LogP contribution in [0.4, 0.5) is 5.82 Å². The summed E-state index contributed by atoms with van der Waals surface area (Å²) in [6.45, 7) is 0.790. The topological polar surface area (TPSA) is 221 Å². The second-order valence-electron chi connectivity index (χ2n) is 9.47. The number of hydrazine groups is 2. The zero-order valence-electron chi connectivity index (χ0n) is 19.8. The molecule has 5 rings (SSSR count). The highest BCUT2D eigenvalue weighted by Crippen LogP contribution is 2.53. The Bertz CT molecular complexity index is 1220. The molecule has 204 valence electrons. The number of hydrogen-bond acceptors (Lipinski definition) is 13. The molecule has 2 aliphatic heterocycles. The molecule has 2 fully saturated rings. The summed E-state index contributed by atoms with van der Waals surface area (Å²) in [6, 6.07) is 0.259. The molecule has 0 amide bonds. The second-order valence-corrected chi connectivity index (χ2v) is 11.8. The summed E-state index contributed by atoms with van der Waals surface area (Å²) in [5, 5.41) is 31.5. The van der Waals surface area contributed by atoms with Gasteiger partial charge in [-0.2, -0.15) is 15.1 Å². The third-order valence-corrected chi connectivity index (χ3v) is 8.51. The lowest BCUT2D eigenvalue weighted by atomic mass is 10.1. The molecule has 3 aliphatic rings. The SMILES string of the molecule is CC(CC1=NNNN1)(OC[C@H]1O[C@@H](n2ncc3c(NC4CCCC4)nc(Cl)nc32)[C@H](O)[C@@H]1O)P(=O)(O)O. The van der Waals surface area contributed by atoms with Gasteiger partial charge in [0.15, 0.2) is 17.2 Å². The van der Waals surface area contributed by atoms with E-state index in [2.05, 4.69) is 42.0 Å². The van der Waals surface area contributed by atoms with Gasteiger partial charge >= 0.3 is 7.60 Å². The van der Waals surface area contributed by atoms with E-state index in [4.69, 9.17) is 21.1 Å². The van der Waals surface area contributed by atoms with Crippen molar-refractivity contribution in [3.05, 3.63) is 11.5 Å². The maximum Gasteiger partial charge on any atom is 0.357 e. The molecule has 1 saturated heterocycles. The number of fused-ring (bicyclic) bond motifs is 1. The molecule has 0 spiro atoms. The van der Waals surface area contributed by atoms with E-state index in [1.807, 2.05) is 0 Å². The fourth-order valence-electron chi connectivity index (χ4n) is 4.65. The molecule has 16 nitrogen and oxygen atoms in total. The Labute approximate surface area is 215 Å². The largest absolute Gasteiger partial charge is 0.387 e. The van der Waals surface area contributed by atoms with E-state index in [1.54, 1.807) is 0 Å². The minimum Gasteiger partial charge on any atom is -0.387 e. The first-order chi connectivity index (χ1) is 17.6. The fraction of sp³-hybridized carbons (Fsp3) is 0.684. The second kappa shape index (κ2) is 10.2. The maximum absolute atomic E-state index is 12.2. The first-order valence-corrected chi connectivity index (χ1v) is 13.8. The van der Waals surface area contributed by atoms with Crippen molar-refractivity contribution in [3.63, 3.8) is 0 Å². The summed E-state index contributed by atoms with van der Waals surface area (Å²) in [5.74, 6) is 0.726. The monoisotopic (exact) mass is 561 g/mol. The van der Waals surface area contributed by atoms with Crippen LogP contribution in [0.3, 0.4) is 0 Å². The van der Waals surface area contributed by atoms with Crippen molar-refractivity contribution in [3.8, 4) is 0 Å². The van der Waals surface area contributed by atoms with Gasteiger partial charge in [-0.1, -0.05) is 12.8 Å². The first kappa shape index (κ1) is 26.5. The van der Waals surface area contributed by atoms with E-state index in [1.165, 1.54) is 17.8 Å². The third kappa shape index (κ3) is 5.26. The molecule has 1 unspecified atom stereocenters. The molecule has 0 bridgehead atoms. The Balaban J connectivity index is 1.34. The van der Waals surface area contributed by atoms with Crippen molar-refractivity contribution in [1.29, 1.82) is 0 Å². The van der Waals surface area contributed by atoms with Gasteiger partial charge in [0.05, 0.1) is 18.2 Å². The molecule has 1 saturated carbocycles. The Morgan fingerprint density at radius 1 is 1.30 bits per heavy atom. The predicted octanol–water partition coefficient (Wildman–Crippen LogP) is -0.320. The third-order valence-electron chi connectivity index (χ3n) is 6.82. The number of halogens is 1. The Morgan fingerprint density at radius 3 is 2.73 bits per heavy atom. The van der Waals surface area contributed by atoms with Gasteiger partial charge in [-0.15, -0.1) is 10.6 Å². The van der Waals surface area contributed by atoms with Crippen molar-refractivity contribution in [2.75, 3.05) is 11.9 Å². The Morgan fingerprint density at radius 2 is 2.05 bits per heavy atom. The zero-order chi connectivity index (χ0) is 26.4. The van der Waals surface area contributed by atoms with E-state index >= 15 is 0 Å². The number of aliphatic hydroxyl groups excluding tert-OH is 2. The molecule has 1 aliphatic carbocycles. The summed E-state index contributed by atoms with van der Waals surface area (Å²) in [6.07, 6.45) is 0.355. The average molecular weight is 562 g/mol. The number of hydrogen-bond donors (Lipinski definition) is 8. The molecule has 8 N–H and O–H groups in total. The van der Waals surface area contributed by atoms with Crippen LogP contribution in [-0.4, -0.2) is 81.9 Å². The van der Waals surface area contributed by atoms with Gasteiger partial charge in [-0.3, -0.25) is 9.99 Å². The summed E-state index contributed by atoms with van der Waals surface area (Å²) in [5.41, 5.74) is 7.79. The number of anilines is 1. The first-order valence-electron chi connectivity index (χ1n) is 11.8. The number of amidine groups is 1. The molecule has 2 aromatic rings. The van der Waals surface area contributed by atoms with Crippen LogP contribution in [0.25, 0.3) is 11.0 Å². The quantitative estimate of drug-likeness (QED) is 0.145. The van der Waals surface area contributed by atoms with Gasteiger partial charge in [-0.05, 0) is 31.4 Å². The van der Waals surface area contributed by atoms with E-state index in [0.717, 1.165) is 25.7 Å². The Hall–Kier alpha value is -2.14. The lowest BCUT2D eigenvalue weighted by molar-refractivity contribution is -0.0930. The van der Waals surface area contributed by atoms with Crippen LogP contribution in [0, 0.1) is 0 Å². The number of ether oxygens (including phenoxy) is 2. The van der Waals surface area contributed by atoms with Gasteiger partial charge in [0.25, 0.3) is 0 Å². The van der Waals surface area contributed by atoms with Crippen LogP contribution in [0.1, 0.15) is 45.3 Å². The minimum atomic E-state index is -4.81. The number of aliphatic hydroxyl groups is 2. The maximum atomic E-state index is 12.2. The van der Waals surface area contributed by atoms with E-state index in [0.29, 0.717) is 16.9 Å². The highest BCUT2D eigenvalue weighted by atomic mass is 35.5. The van der Waals surface area contributed by atoms with E-state index in [-0.39, 0.29) is 23.6 Å². The van der Waals surface area contributed by atoms with Crippen LogP contribution in [0.2, 0.25) is 5.28 Å². The van der Waals surface area contributed by atoms with Crippen LogP contribution in [0.15, 0.2) is 11.3 Å². The lowest BCUT2D eigenvalue weighted by Crippen LogP contribution is -2.42. The van der Waals surface area contributed by atoms with Gasteiger partial charge < -0.3 is 34.8 Å². The van der Waals surface area contributed by atoms with Crippen LogP contribution >= 0.6 is 19.2 Å². The molecule has 18 heteroatoms. The highest BCUT2D eigenvalue weighted by molar-refractivity contribution is 7.53. The van der Waals surface area contributed by atoms with Crippen LogP contribution in [-0.2, 0) is 14.0 Å². The molecule has 5 atom stereocenters. The number of aromatic nitrogens is 4. The Kier molecular flexibility index (Phi) is 7.30. The van der Waals surface area contributed by atoms with Crippen LogP contribution < -0.4 is 21.8 Å². The van der Waals surface area contributed by atoms with Crippen molar-refractivity contribution in [2.24, 2.45) is 5.10 Å². The molecule has 0 radical (unpaired) electrons. The van der Waals surface area contributed by atoms with Gasteiger partial charge in [0, 0.05) is 12.5 Å². The van der Waals surface area contributed by atoms with Crippen molar-refractivity contribution >= 4 is 41.9 Å². The number of nitrogens with zero attached hydrogens (tertiary/aromatic N) is 5. The van der Waals surface area contributed by atoms with Gasteiger partial charge in [0.1, 0.15) is 30.0 Å². The van der Waals surface area contributed by atoms with Crippen LogP contribution in [0.5, 0.6) is 0 Å². The predicted molar refractivity (Wildman–Crippen MR) is 130 cm³/mol. The molecule has 37 heavy (non-hydrogen) atoms. The molecule has 4 heterocycles. The minimum absolute atomic E-state index is 0.0208.